The summed E-state index contributed by atoms with van der Waals surface area (Å²) in [6, 6.07) is 6.64. The average molecular weight is 316 g/mol. The van der Waals surface area contributed by atoms with Gasteiger partial charge < -0.3 is 15.3 Å². The summed E-state index contributed by atoms with van der Waals surface area (Å²) in [5, 5.41) is 32.6. The number of amides is 1. The molecule has 21 heavy (non-hydrogen) atoms. The van der Waals surface area contributed by atoms with E-state index in [0.717, 1.165) is 0 Å². The fourth-order valence-corrected chi connectivity index (χ4v) is 2.67. The van der Waals surface area contributed by atoms with Crippen LogP contribution in [-0.2, 0) is 5.60 Å². The molecule has 3 atom stereocenters. The van der Waals surface area contributed by atoms with E-state index in [-0.39, 0.29) is 0 Å². The van der Waals surface area contributed by atoms with E-state index in [1.807, 2.05) is 12.2 Å². The third-order valence-electron chi connectivity index (χ3n) is 4.15. The highest BCUT2D eigenvalue weighted by molar-refractivity contribution is 6.30. The molecule has 0 spiro atoms. The van der Waals surface area contributed by atoms with Crippen LogP contribution in [0.3, 0.4) is 0 Å². The van der Waals surface area contributed by atoms with Crippen LogP contribution in [0.1, 0.15) is 39.2 Å². The van der Waals surface area contributed by atoms with E-state index in [4.69, 9.17) is 16.7 Å². The molecule has 0 aliphatic heterocycles. The Morgan fingerprint density at radius 1 is 1.33 bits per heavy atom. The number of carboxylic acid groups (broad SMARTS) is 1. The van der Waals surface area contributed by atoms with Gasteiger partial charge in [-0.1, -0.05) is 44.0 Å². The van der Waals surface area contributed by atoms with Crippen molar-refractivity contribution in [3.63, 3.8) is 0 Å². The number of hydrogen-bond acceptors (Lipinski definition) is 3. The smallest absolute Gasteiger partial charge is 0.406 e. The fraction of sp³-hybridized carbons (Fsp3) is 0.533. The van der Waals surface area contributed by atoms with Gasteiger partial charge in [0.05, 0.1) is 5.60 Å². The predicted molar refractivity (Wildman–Crippen MR) is 81.2 cm³/mol. The predicted octanol–water partition coefficient (Wildman–Crippen LogP) is 2.94. The maximum Gasteiger partial charge on any atom is 0.406 e. The van der Waals surface area contributed by atoms with Crippen LogP contribution in [0.2, 0.25) is 5.02 Å². The van der Waals surface area contributed by atoms with Crippen LogP contribution >= 0.6 is 11.6 Å². The molecule has 5 nitrogen and oxygen atoms in total. The van der Waals surface area contributed by atoms with Gasteiger partial charge >= 0.3 is 6.09 Å². The summed E-state index contributed by atoms with van der Waals surface area (Å²) in [6.45, 7) is 5.13. The largest absolute Gasteiger partial charge is 0.465 e. The lowest BCUT2D eigenvalue weighted by atomic mass is 9.66. The Balaban J connectivity index is 3.23. The second-order valence-electron chi connectivity index (χ2n) is 5.60. The fourth-order valence-electron chi connectivity index (χ4n) is 2.55. The van der Waals surface area contributed by atoms with Gasteiger partial charge in [0.25, 0.3) is 0 Å². The summed E-state index contributed by atoms with van der Waals surface area (Å²) in [4.78, 5) is 10.8. The zero-order valence-electron chi connectivity index (χ0n) is 12.4. The normalized spacial score (nSPS) is 18.4. The van der Waals surface area contributed by atoms with Crippen molar-refractivity contribution >= 4 is 17.7 Å². The van der Waals surface area contributed by atoms with Gasteiger partial charge in [-0.3, -0.25) is 5.32 Å². The molecule has 1 aromatic rings. The highest BCUT2D eigenvalue weighted by Gasteiger charge is 2.49. The first-order valence-electron chi connectivity index (χ1n) is 6.81. The van der Waals surface area contributed by atoms with Gasteiger partial charge in [-0.15, -0.1) is 0 Å². The molecule has 0 saturated carbocycles. The van der Waals surface area contributed by atoms with Crippen molar-refractivity contribution in [2.45, 2.75) is 45.4 Å². The minimum Gasteiger partial charge on any atom is -0.465 e. The SMILES string of the molecule is CCCC(C)(C(O)NC(=O)O)C(C)(O)c1ccc(Cl)cc1. The van der Waals surface area contributed by atoms with Gasteiger partial charge in [0, 0.05) is 10.4 Å². The Labute approximate surface area is 129 Å². The number of halogens is 1. The van der Waals surface area contributed by atoms with Crippen LogP contribution in [-0.4, -0.2) is 27.6 Å². The van der Waals surface area contributed by atoms with Gasteiger partial charge in [0.2, 0.25) is 0 Å². The molecule has 1 rings (SSSR count). The van der Waals surface area contributed by atoms with E-state index in [1.54, 1.807) is 38.1 Å². The number of nitrogens with one attached hydrogen (secondary N) is 1. The molecule has 0 heterocycles. The summed E-state index contributed by atoms with van der Waals surface area (Å²) < 4.78 is 0. The Kier molecular flexibility index (Phi) is 5.61. The van der Waals surface area contributed by atoms with Crippen LogP contribution in [0.5, 0.6) is 0 Å². The summed E-state index contributed by atoms with van der Waals surface area (Å²) in [5.74, 6) is 0. The molecular formula is C15H22ClNO4. The van der Waals surface area contributed by atoms with Gasteiger partial charge in [-0.25, -0.2) is 4.79 Å². The summed E-state index contributed by atoms with van der Waals surface area (Å²) in [6.07, 6.45) is -1.62. The maximum absolute atomic E-state index is 11.0. The maximum atomic E-state index is 11.0. The van der Waals surface area contributed by atoms with E-state index < -0.39 is 23.3 Å². The van der Waals surface area contributed by atoms with Gasteiger partial charge in [-0.2, -0.15) is 0 Å². The Morgan fingerprint density at radius 3 is 2.29 bits per heavy atom. The highest BCUT2D eigenvalue weighted by atomic mass is 35.5. The summed E-state index contributed by atoms with van der Waals surface area (Å²) in [5.41, 5.74) is -1.96. The number of benzene rings is 1. The molecule has 1 aromatic carbocycles. The van der Waals surface area contributed by atoms with E-state index in [9.17, 15) is 15.0 Å². The van der Waals surface area contributed by atoms with Gasteiger partial charge in [0.15, 0.2) is 0 Å². The quantitative estimate of drug-likeness (QED) is 0.608. The van der Waals surface area contributed by atoms with Crippen molar-refractivity contribution in [3.05, 3.63) is 34.9 Å². The molecule has 0 bridgehead atoms. The molecule has 0 fully saturated rings. The first kappa shape index (κ1) is 17.8. The van der Waals surface area contributed by atoms with Gasteiger partial charge in [0.1, 0.15) is 6.23 Å². The third-order valence-corrected chi connectivity index (χ3v) is 4.40. The number of aliphatic hydroxyl groups excluding tert-OH is 1. The number of hydrogen-bond donors (Lipinski definition) is 4. The van der Waals surface area contributed by atoms with Crippen molar-refractivity contribution in [1.29, 1.82) is 0 Å². The molecular weight excluding hydrogens is 294 g/mol. The number of carbonyl (C=O) groups is 1. The van der Waals surface area contributed by atoms with E-state index >= 15 is 0 Å². The number of rotatable bonds is 6. The van der Waals surface area contributed by atoms with Crippen molar-refractivity contribution in [1.82, 2.24) is 5.32 Å². The Hall–Kier alpha value is -1.30. The van der Waals surface area contributed by atoms with E-state index in [1.165, 1.54) is 0 Å². The minimum atomic E-state index is -1.44. The molecule has 6 heteroatoms. The number of aliphatic hydroxyl groups is 2. The first-order valence-corrected chi connectivity index (χ1v) is 7.19. The third kappa shape index (κ3) is 3.67. The van der Waals surface area contributed by atoms with Crippen LogP contribution in [0, 0.1) is 5.41 Å². The Morgan fingerprint density at radius 2 is 1.86 bits per heavy atom. The minimum absolute atomic E-state index is 0.435. The second-order valence-corrected chi connectivity index (χ2v) is 6.04. The molecule has 4 N–H and O–H groups in total. The zero-order chi connectivity index (χ0) is 16.3. The van der Waals surface area contributed by atoms with E-state index in [0.29, 0.717) is 23.4 Å². The lowest BCUT2D eigenvalue weighted by Crippen LogP contribution is -2.56. The molecule has 3 unspecified atom stereocenters. The standard InChI is InChI=1S/C15H22ClNO4/c1-4-9-14(2,12(18)17-13(19)20)15(3,21)10-5-7-11(16)8-6-10/h5-8,12,17-18,21H,4,9H2,1-3H3,(H,19,20). The zero-order valence-corrected chi connectivity index (χ0v) is 13.2. The molecule has 118 valence electrons. The van der Waals surface area contributed by atoms with Crippen LogP contribution < -0.4 is 5.32 Å². The molecule has 0 radical (unpaired) electrons. The van der Waals surface area contributed by atoms with Crippen molar-refractivity contribution in [3.8, 4) is 0 Å². The lowest BCUT2D eigenvalue weighted by Gasteiger charge is -2.46. The molecule has 0 aliphatic rings. The molecule has 0 aromatic heterocycles. The van der Waals surface area contributed by atoms with Crippen LogP contribution in [0.15, 0.2) is 24.3 Å². The molecule has 0 saturated heterocycles. The van der Waals surface area contributed by atoms with Crippen molar-refractivity contribution < 1.29 is 20.1 Å². The second kappa shape index (κ2) is 6.64. The van der Waals surface area contributed by atoms with E-state index in [2.05, 4.69) is 0 Å². The topological polar surface area (TPSA) is 89.8 Å². The molecule has 1 amide bonds. The Bertz CT molecular complexity index is 489. The monoisotopic (exact) mass is 315 g/mol. The van der Waals surface area contributed by atoms with Crippen LogP contribution in [0.4, 0.5) is 4.79 Å². The van der Waals surface area contributed by atoms with Crippen molar-refractivity contribution in [2.75, 3.05) is 0 Å². The first-order chi connectivity index (χ1) is 9.65. The highest BCUT2D eigenvalue weighted by Crippen LogP contribution is 2.45. The molecule has 0 aliphatic carbocycles. The summed E-state index contributed by atoms with van der Waals surface area (Å²) in [7, 11) is 0. The van der Waals surface area contributed by atoms with Gasteiger partial charge in [-0.05, 0) is 31.0 Å². The lowest BCUT2D eigenvalue weighted by molar-refractivity contribution is -0.142. The van der Waals surface area contributed by atoms with Crippen molar-refractivity contribution in [2.24, 2.45) is 5.41 Å². The average Bonchev–Trinajstić information content (AvgIpc) is 2.38. The van der Waals surface area contributed by atoms with Crippen LogP contribution in [0.25, 0.3) is 0 Å². The summed E-state index contributed by atoms with van der Waals surface area (Å²) >= 11 is 5.85.